The van der Waals surface area contributed by atoms with Crippen LogP contribution in [0.1, 0.15) is 104 Å². The maximum Gasteiger partial charge on any atom is 0.307 e. The summed E-state index contributed by atoms with van der Waals surface area (Å²) >= 11 is 5.59. The van der Waals surface area contributed by atoms with Gasteiger partial charge in [0.2, 0.25) is 0 Å². The molecule has 0 heterocycles. The minimum Gasteiger partial charge on any atom is -0.446 e. The second-order valence-electron chi connectivity index (χ2n) is 6.03. The zero-order chi connectivity index (χ0) is 15.8. The first kappa shape index (κ1) is 20.8. The van der Waals surface area contributed by atoms with E-state index in [1.807, 2.05) is 0 Å². The van der Waals surface area contributed by atoms with Crippen LogP contribution in [-0.2, 0) is 9.53 Å². The molecule has 0 saturated carbocycles. The van der Waals surface area contributed by atoms with Gasteiger partial charge in [-0.1, -0.05) is 95.6 Å². The van der Waals surface area contributed by atoms with Gasteiger partial charge in [0.25, 0.3) is 0 Å². The summed E-state index contributed by atoms with van der Waals surface area (Å²) in [4.78, 5) is 11.2. The van der Waals surface area contributed by atoms with Crippen molar-refractivity contribution >= 4 is 17.6 Å². The van der Waals surface area contributed by atoms with Gasteiger partial charge in [0.05, 0.1) is 0 Å². The standard InChI is InChI=1S/C18H35ClO2/c1-3-4-5-6-7-8-9-10-11-12-13-14-15-16-18(20)21-17(2)19/h17H,3-16H2,1-2H3/t17-/m1/s1. The van der Waals surface area contributed by atoms with E-state index in [9.17, 15) is 4.79 Å². The molecule has 0 radical (unpaired) electrons. The normalized spacial score (nSPS) is 12.3. The Morgan fingerprint density at radius 1 is 0.810 bits per heavy atom. The van der Waals surface area contributed by atoms with Crippen LogP contribution in [0.3, 0.4) is 0 Å². The van der Waals surface area contributed by atoms with Gasteiger partial charge < -0.3 is 4.74 Å². The minimum absolute atomic E-state index is 0.166. The summed E-state index contributed by atoms with van der Waals surface area (Å²) < 4.78 is 4.88. The molecule has 0 spiro atoms. The van der Waals surface area contributed by atoms with Crippen molar-refractivity contribution in [3.63, 3.8) is 0 Å². The number of carbonyl (C=O) groups is 1. The summed E-state index contributed by atoms with van der Waals surface area (Å²) in [7, 11) is 0. The van der Waals surface area contributed by atoms with E-state index in [0.717, 1.165) is 12.8 Å². The average molecular weight is 319 g/mol. The summed E-state index contributed by atoms with van der Waals surface area (Å²) in [5, 5.41) is 0. The molecule has 0 aliphatic carbocycles. The van der Waals surface area contributed by atoms with Crippen molar-refractivity contribution in [2.75, 3.05) is 0 Å². The summed E-state index contributed by atoms with van der Waals surface area (Å²) in [6, 6.07) is 0. The smallest absolute Gasteiger partial charge is 0.307 e. The van der Waals surface area contributed by atoms with Crippen molar-refractivity contribution in [1.29, 1.82) is 0 Å². The maximum absolute atomic E-state index is 11.2. The number of ether oxygens (including phenoxy) is 1. The second-order valence-corrected chi connectivity index (χ2v) is 6.64. The van der Waals surface area contributed by atoms with E-state index in [2.05, 4.69) is 6.92 Å². The summed E-state index contributed by atoms with van der Waals surface area (Å²) in [5.41, 5.74) is -0.500. The van der Waals surface area contributed by atoms with Crippen molar-refractivity contribution < 1.29 is 9.53 Å². The third kappa shape index (κ3) is 17.7. The first-order chi connectivity index (χ1) is 10.2. The molecule has 0 fully saturated rings. The number of hydrogen-bond donors (Lipinski definition) is 0. The lowest BCUT2D eigenvalue weighted by molar-refractivity contribution is -0.144. The van der Waals surface area contributed by atoms with Crippen molar-refractivity contribution in [3.05, 3.63) is 0 Å². The fourth-order valence-corrected chi connectivity index (χ4v) is 2.63. The highest BCUT2D eigenvalue weighted by atomic mass is 35.5. The molecule has 1 atom stereocenters. The number of rotatable bonds is 15. The van der Waals surface area contributed by atoms with Crippen LogP contribution in [0.4, 0.5) is 0 Å². The average Bonchev–Trinajstić information content (AvgIpc) is 2.43. The van der Waals surface area contributed by atoms with Crippen LogP contribution in [0.5, 0.6) is 0 Å². The molecule has 3 heteroatoms. The third-order valence-corrected chi connectivity index (χ3v) is 3.87. The van der Waals surface area contributed by atoms with E-state index < -0.39 is 5.56 Å². The molecular weight excluding hydrogens is 284 g/mol. The summed E-state index contributed by atoms with van der Waals surface area (Å²) in [6.45, 7) is 3.94. The molecule has 0 N–H and O–H groups in total. The number of hydrogen-bond acceptors (Lipinski definition) is 2. The molecule has 21 heavy (non-hydrogen) atoms. The Morgan fingerprint density at radius 3 is 1.57 bits per heavy atom. The maximum atomic E-state index is 11.2. The van der Waals surface area contributed by atoms with E-state index in [0.29, 0.717) is 6.42 Å². The molecule has 0 aromatic rings. The lowest BCUT2D eigenvalue weighted by atomic mass is 10.0. The molecule has 0 unspecified atom stereocenters. The molecule has 0 aromatic carbocycles. The fourth-order valence-electron chi connectivity index (χ4n) is 2.53. The first-order valence-electron chi connectivity index (χ1n) is 9.00. The lowest BCUT2D eigenvalue weighted by Crippen LogP contribution is -2.08. The van der Waals surface area contributed by atoms with Gasteiger partial charge in [0.1, 0.15) is 0 Å². The van der Waals surface area contributed by atoms with E-state index in [1.165, 1.54) is 70.6 Å². The molecule has 0 amide bonds. The van der Waals surface area contributed by atoms with Crippen molar-refractivity contribution in [1.82, 2.24) is 0 Å². The van der Waals surface area contributed by atoms with Gasteiger partial charge in [-0.3, -0.25) is 4.79 Å². The molecule has 126 valence electrons. The van der Waals surface area contributed by atoms with Crippen LogP contribution in [0, 0.1) is 0 Å². The van der Waals surface area contributed by atoms with E-state index in [-0.39, 0.29) is 5.97 Å². The fraction of sp³-hybridized carbons (Fsp3) is 0.944. The SMILES string of the molecule is CCCCCCCCCCCCCCCC(=O)O[C@H](C)Cl. The predicted octanol–water partition coefficient (Wildman–Crippen LogP) is 6.60. The number of carbonyl (C=O) groups excluding carboxylic acids is 1. The molecular formula is C18H35ClO2. The summed E-state index contributed by atoms with van der Waals surface area (Å²) in [6.07, 6.45) is 17.6. The van der Waals surface area contributed by atoms with Crippen molar-refractivity contribution in [3.8, 4) is 0 Å². The van der Waals surface area contributed by atoms with Gasteiger partial charge in [0, 0.05) is 6.42 Å². The third-order valence-electron chi connectivity index (χ3n) is 3.78. The Hall–Kier alpha value is -0.240. The molecule has 0 bridgehead atoms. The molecule has 2 nitrogen and oxygen atoms in total. The molecule has 0 aliphatic heterocycles. The molecule has 0 aliphatic rings. The lowest BCUT2D eigenvalue weighted by Gasteiger charge is -2.06. The first-order valence-corrected chi connectivity index (χ1v) is 9.44. The highest BCUT2D eigenvalue weighted by Gasteiger charge is 2.05. The largest absolute Gasteiger partial charge is 0.446 e. The number of halogens is 1. The van der Waals surface area contributed by atoms with E-state index in [4.69, 9.17) is 16.3 Å². The van der Waals surface area contributed by atoms with Gasteiger partial charge in [0.15, 0.2) is 5.56 Å². The van der Waals surface area contributed by atoms with Crippen LogP contribution in [-0.4, -0.2) is 11.5 Å². The van der Waals surface area contributed by atoms with E-state index in [1.54, 1.807) is 6.92 Å². The number of unbranched alkanes of at least 4 members (excludes halogenated alkanes) is 12. The number of esters is 1. The molecule has 0 aromatic heterocycles. The quantitative estimate of drug-likeness (QED) is 0.193. The van der Waals surface area contributed by atoms with Crippen molar-refractivity contribution in [2.24, 2.45) is 0 Å². The van der Waals surface area contributed by atoms with Gasteiger partial charge in [-0.2, -0.15) is 0 Å². The van der Waals surface area contributed by atoms with Gasteiger partial charge in [-0.25, -0.2) is 0 Å². The predicted molar refractivity (Wildman–Crippen MR) is 91.7 cm³/mol. The monoisotopic (exact) mass is 318 g/mol. The van der Waals surface area contributed by atoms with Crippen LogP contribution in [0.15, 0.2) is 0 Å². The Labute approximate surface area is 137 Å². The van der Waals surface area contributed by atoms with Crippen LogP contribution < -0.4 is 0 Å². The van der Waals surface area contributed by atoms with Gasteiger partial charge in [-0.15, -0.1) is 0 Å². The van der Waals surface area contributed by atoms with Crippen LogP contribution >= 0.6 is 11.6 Å². The van der Waals surface area contributed by atoms with Gasteiger partial charge in [-0.05, 0) is 13.3 Å². The zero-order valence-corrected chi connectivity index (χ0v) is 14.9. The van der Waals surface area contributed by atoms with Crippen molar-refractivity contribution in [2.45, 2.75) is 109 Å². The number of alkyl halides is 1. The highest BCUT2D eigenvalue weighted by molar-refractivity contribution is 6.19. The molecule has 0 rings (SSSR count). The Bertz CT molecular complexity index is 229. The van der Waals surface area contributed by atoms with Crippen LogP contribution in [0.2, 0.25) is 0 Å². The zero-order valence-electron chi connectivity index (χ0n) is 14.2. The highest BCUT2D eigenvalue weighted by Crippen LogP contribution is 2.13. The van der Waals surface area contributed by atoms with E-state index >= 15 is 0 Å². The summed E-state index contributed by atoms with van der Waals surface area (Å²) in [5.74, 6) is -0.166. The topological polar surface area (TPSA) is 26.3 Å². The van der Waals surface area contributed by atoms with Crippen LogP contribution in [0.25, 0.3) is 0 Å². The second kappa shape index (κ2) is 16.1. The van der Waals surface area contributed by atoms with Gasteiger partial charge >= 0.3 is 5.97 Å². The Morgan fingerprint density at radius 2 is 1.19 bits per heavy atom. The Kier molecular flexibility index (Phi) is 16.0. The molecule has 0 saturated heterocycles. The Balaban J connectivity index is 3.07. The minimum atomic E-state index is -0.500.